The summed E-state index contributed by atoms with van der Waals surface area (Å²) in [6.45, 7) is 0. The Morgan fingerprint density at radius 3 is 2.29 bits per heavy atom. The van der Waals surface area contributed by atoms with Crippen molar-refractivity contribution in [2.75, 3.05) is 16.4 Å². The first-order valence-electron chi connectivity index (χ1n) is 5.12. The fourth-order valence-corrected chi connectivity index (χ4v) is 2.35. The van der Waals surface area contributed by atoms with Crippen molar-refractivity contribution in [2.24, 2.45) is 0 Å². The van der Waals surface area contributed by atoms with Gasteiger partial charge in [-0.15, -0.1) is 11.8 Å². The molecule has 1 fully saturated rings. The largest absolute Gasteiger partial charge is 0.273 e. The summed E-state index contributed by atoms with van der Waals surface area (Å²) in [5, 5.41) is 8.55. The van der Waals surface area contributed by atoms with Crippen LogP contribution in [0.15, 0.2) is 24.3 Å². The Balaban J connectivity index is 2.24. The number of rotatable bonds is 2. The molecule has 0 aliphatic carbocycles. The molecular weight excluding hydrogens is 236 g/mol. The lowest BCUT2D eigenvalue weighted by Gasteiger charge is -2.24. The Morgan fingerprint density at radius 2 is 1.76 bits per heavy atom. The van der Waals surface area contributed by atoms with E-state index in [2.05, 4.69) is 0 Å². The number of carbonyl (C=O) groups is 2. The Bertz CT molecular complexity index is 474. The van der Waals surface area contributed by atoms with Gasteiger partial charge in [-0.25, -0.2) is 4.90 Å². The first kappa shape index (κ1) is 11.7. The molecule has 1 heterocycles. The molecule has 2 amide bonds. The molecule has 0 radical (unpaired) electrons. The van der Waals surface area contributed by atoms with Gasteiger partial charge in [0.1, 0.15) is 0 Å². The quantitative estimate of drug-likeness (QED) is 0.739. The molecule has 0 unspecified atom stereocenters. The van der Waals surface area contributed by atoms with Crippen molar-refractivity contribution in [3.63, 3.8) is 0 Å². The number of imide groups is 1. The zero-order valence-electron chi connectivity index (χ0n) is 9.05. The Kier molecular flexibility index (Phi) is 3.45. The molecule has 1 aromatic carbocycles. The predicted molar refractivity (Wildman–Crippen MR) is 65.6 cm³/mol. The van der Waals surface area contributed by atoms with Gasteiger partial charge in [-0.3, -0.25) is 9.59 Å². The molecule has 1 aromatic rings. The fourth-order valence-electron chi connectivity index (χ4n) is 1.64. The van der Waals surface area contributed by atoms with Crippen LogP contribution in [0.2, 0.25) is 0 Å². The van der Waals surface area contributed by atoms with Crippen LogP contribution < -0.4 is 4.90 Å². The van der Waals surface area contributed by atoms with Gasteiger partial charge in [-0.2, -0.15) is 5.26 Å². The maximum atomic E-state index is 11.6. The van der Waals surface area contributed by atoms with E-state index in [1.165, 1.54) is 16.7 Å². The van der Waals surface area contributed by atoms with Crippen LogP contribution in [0.1, 0.15) is 5.56 Å². The van der Waals surface area contributed by atoms with Crippen LogP contribution in [0.3, 0.4) is 0 Å². The van der Waals surface area contributed by atoms with Gasteiger partial charge in [0.2, 0.25) is 11.8 Å². The lowest BCUT2D eigenvalue weighted by Crippen LogP contribution is -2.43. The second-order valence-electron chi connectivity index (χ2n) is 3.62. The summed E-state index contributed by atoms with van der Waals surface area (Å²) >= 11 is 1.34. The predicted octanol–water partition coefficient (Wildman–Crippen LogP) is 1.36. The van der Waals surface area contributed by atoms with E-state index >= 15 is 0 Å². The first-order chi connectivity index (χ1) is 8.22. The minimum absolute atomic E-state index is 0.181. The van der Waals surface area contributed by atoms with Gasteiger partial charge in [0.15, 0.2) is 0 Å². The number of nitrogens with zero attached hydrogens (tertiary/aromatic N) is 2. The lowest BCUT2D eigenvalue weighted by atomic mass is 10.1. The second-order valence-corrected chi connectivity index (χ2v) is 4.60. The maximum Gasteiger partial charge on any atom is 0.243 e. The molecule has 17 heavy (non-hydrogen) atoms. The number of hydrogen-bond donors (Lipinski definition) is 0. The van der Waals surface area contributed by atoms with Crippen molar-refractivity contribution in [1.29, 1.82) is 5.26 Å². The number of benzene rings is 1. The van der Waals surface area contributed by atoms with Gasteiger partial charge in [0, 0.05) is 0 Å². The molecular formula is C12H10N2O2S. The molecule has 0 atom stereocenters. The number of thioether (sulfide) groups is 1. The third-order valence-corrected chi connectivity index (χ3v) is 3.33. The SMILES string of the molecule is N#CCc1ccc(N2C(=O)CSCC2=O)cc1. The summed E-state index contributed by atoms with van der Waals surface area (Å²) in [5.74, 6) is 0.316. The smallest absolute Gasteiger partial charge is 0.243 e. The normalized spacial score (nSPS) is 15.8. The van der Waals surface area contributed by atoms with Gasteiger partial charge in [0.25, 0.3) is 0 Å². The molecule has 0 spiro atoms. The highest BCUT2D eigenvalue weighted by atomic mass is 32.2. The molecule has 0 aromatic heterocycles. The summed E-state index contributed by atoms with van der Waals surface area (Å²) in [5.41, 5.74) is 1.46. The van der Waals surface area contributed by atoms with Gasteiger partial charge in [-0.05, 0) is 17.7 Å². The fraction of sp³-hybridized carbons (Fsp3) is 0.250. The summed E-state index contributed by atoms with van der Waals surface area (Å²) in [4.78, 5) is 24.5. The second kappa shape index (κ2) is 5.02. The third kappa shape index (κ3) is 2.48. The van der Waals surface area contributed by atoms with Gasteiger partial charge < -0.3 is 0 Å². The van der Waals surface area contributed by atoms with Crippen LogP contribution >= 0.6 is 11.8 Å². The van der Waals surface area contributed by atoms with Gasteiger partial charge in [0.05, 0.1) is 29.7 Å². The number of anilines is 1. The van der Waals surface area contributed by atoms with Crippen LogP contribution in [0.4, 0.5) is 5.69 Å². The molecule has 4 nitrogen and oxygen atoms in total. The van der Waals surface area contributed by atoms with E-state index in [0.29, 0.717) is 23.6 Å². The van der Waals surface area contributed by atoms with Crippen LogP contribution in [-0.2, 0) is 16.0 Å². The molecule has 0 N–H and O–H groups in total. The van der Waals surface area contributed by atoms with Crippen LogP contribution in [0, 0.1) is 11.3 Å². The lowest BCUT2D eigenvalue weighted by molar-refractivity contribution is -0.124. The number of nitriles is 1. The van der Waals surface area contributed by atoms with E-state index in [1.807, 2.05) is 6.07 Å². The molecule has 5 heteroatoms. The van der Waals surface area contributed by atoms with E-state index in [1.54, 1.807) is 24.3 Å². The highest BCUT2D eigenvalue weighted by molar-refractivity contribution is 8.00. The number of hydrogen-bond acceptors (Lipinski definition) is 4. The number of carbonyl (C=O) groups excluding carboxylic acids is 2. The van der Waals surface area contributed by atoms with Crippen molar-refractivity contribution >= 4 is 29.3 Å². The average molecular weight is 246 g/mol. The van der Waals surface area contributed by atoms with Crippen molar-refractivity contribution < 1.29 is 9.59 Å². The molecule has 0 saturated carbocycles. The third-order valence-electron chi connectivity index (χ3n) is 2.43. The van der Waals surface area contributed by atoms with E-state index in [4.69, 9.17) is 5.26 Å². The molecule has 0 bridgehead atoms. The van der Waals surface area contributed by atoms with E-state index < -0.39 is 0 Å². The Labute approximate surface area is 103 Å². The summed E-state index contributed by atoms with van der Waals surface area (Å²) < 4.78 is 0. The van der Waals surface area contributed by atoms with Crippen molar-refractivity contribution in [2.45, 2.75) is 6.42 Å². The van der Waals surface area contributed by atoms with E-state index in [0.717, 1.165) is 5.56 Å². The molecule has 1 aliphatic rings. The van der Waals surface area contributed by atoms with Crippen LogP contribution in [0.25, 0.3) is 0 Å². The van der Waals surface area contributed by atoms with Crippen molar-refractivity contribution in [3.05, 3.63) is 29.8 Å². The van der Waals surface area contributed by atoms with Gasteiger partial charge >= 0.3 is 0 Å². The zero-order chi connectivity index (χ0) is 12.3. The summed E-state index contributed by atoms with van der Waals surface area (Å²) in [6.07, 6.45) is 0.331. The summed E-state index contributed by atoms with van der Waals surface area (Å²) in [7, 11) is 0. The maximum absolute atomic E-state index is 11.6. The van der Waals surface area contributed by atoms with Gasteiger partial charge in [-0.1, -0.05) is 12.1 Å². The minimum atomic E-state index is -0.181. The zero-order valence-corrected chi connectivity index (χ0v) is 9.87. The van der Waals surface area contributed by atoms with E-state index in [-0.39, 0.29) is 11.8 Å². The highest BCUT2D eigenvalue weighted by Gasteiger charge is 2.27. The minimum Gasteiger partial charge on any atom is -0.273 e. The number of amides is 2. The van der Waals surface area contributed by atoms with Crippen LogP contribution in [-0.4, -0.2) is 23.3 Å². The summed E-state index contributed by atoms with van der Waals surface area (Å²) in [6, 6.07) is 8.99. The molecule has 2 rings (SSSR count). The van der Waals surface area contributed by atoms with Crippen molar-refractivity contribution in [3.8, 4) is 6.07 Å². The van der Waals surface area contributed by atoms with E-state index in [9.17, 15) is 9.59 Å². The Hall–Kier alpha value is -1.80. The van der Waals surface area contributed by atoms with Crippen LogP contribution in [0.5, 0.6) is 0 Å². The molecule has 1 aliphatic heterocycles. The standard InChI is InChI=1S/C12H10N2O2S/c13-6-5-9-1-3-10(4-2-9)14-11(15)7-17-8-12(14)16/h1-4H,5,7-8H2. The topological polar surface area (TPSA) is 61.2 Å². The highest BCUT2D eigenvalue weighted by Crippen LogP contribution is 2.21. The first-order valence-corrected chi connectivity index (χ1v) is 6.27. The monoisotopic (exact) mass is 246 g/mol. The van der Waals surface area contributed by atoms with Crippen molar-refractivity contribution in [1.82, 2.24) is 0 Å². The molecule has 1 saturated heterocycles. The Morgan fingerprint density at radius 1 is 1.18 bits per heavy atom. The molecule has 86 valence electrons. The average Bonchev–Trinajstić information content (AvgIpc) is 2.31.